The number of methoxy groups -OCH3 is 1. The summed E-state index contributed by atoms with van der Waals surface area (Å²) in [5.74, 6) is 1.64. The van der Waals surface area contributed by atoms with Crippen LogP contribution in [0.5, 0.6) is 5.75 Å². The van der Waals surface area contributed by atoms with Crippen molar-refractivity contribution in [2.24, 2.45) is 7.05 Å². The van der Waals surface area contributed by atoms with Crippen molar-refractivity contribution in [3.63, 3.8) is 0 Å². The molecule has 142 valence electrons. The highest BCUT2D eigenvalue weighted by molar-refractivity contribution is 6.32. The Morgan fingerprint density at radius 2 is 1.71 bits per heavy atom. The molecule has 28 heavy (non-hydrogen) atoms. The lowest BCUT2D eigenvalue weighted by Gasteiger charge is -2.11. The molecule has 0 aliphatic carbocycles. The number of ether oxygens (including phenoxy) is 1. The number of benzene rings is 2. The number of aromatic nitrogens is 4. The van der Waals surface area contributed by atoms with Gasteiger partial charge in [-0.25, -0.2) is 0 Å². The van der Waals surface area contributed by atoms with Crippen molar-refractivity contribution in [3.05, 3.63) is 58.7 Å². The quantitative estimate of drug-likeness (QED) is 0.469. The van der Waals surface area contributed by atoms with Crippen LogP contribution in [0, 0.1) is 0 Å². The molecule has 0 amide bonds. The summed E-state index contributed by atoms with van der Waals surface area (Å²) in [5, 5.41) is 12.7. The molecule has 0 spiro atoms. The average molecular weight is 415 g/mol. The summed E-state index contributed by atoms with van der Waals surface area (Å²) in [6.07, 6.45) is 1.72. The summed E-state index contributed by atoms with van der Waals surface area (Å²) in [6.45, 7) is 0. The number of nitrogens with zero attached hydrogens (tertiary/aromatic N) is 4. The lowest BCUT2D eigenvalue weighted by Crippen LogP contribution is -2.03. The molecular formula is C19H16Cl2N6O. The first-order valence-electron chi connectivity index (χ1n) is 8.36. The van der Waals surface area contributed by atoms with E-state index >= 15 is 0 Å². The van der Waals surface area contributed by atoms with Crippen LogP contribution in [0.3, 0.4) is 0 Å². The van der Waals surface area contributed by atoms with Crippen LogP contribution in [0.15, 0.2) is 48.7 Å². The Morgan fingerprint density at radius 3 is 2.43 bits per heavy atom. The fourth-order valence-corrected chi connectivity index (χ4v) is 3.10. The number of aryl methyl sites for hydroxylation is 1. The number of hydrogen-bond donors (Lipinski definition) is 2. The number of halogens is 2. The van der Waals surface area contributed by atoms with E-state index in [1.54, 1.807) is 30.1 Å². The van der Waals surface area contributed by atoms with E-state index in [1.165, 1.54) is 0 Å². The maximum atomic E-state index is 6.21. The summed E-state index contributed by atoms with van der Waals surface area (Å²) < 4.78 is 6.88. The lowest BCUT2D eigenvalue weighted by molar-refractivity contribution is 0.415. The molecule has 2 aromatic heterocycles. The zero-order valence-corrected chi connectivity index (χ0v) is 16.6. The van der Waals surface area contributed by atoms with Crippen LogP contribution in [0.4, 0.5) is 23.1 Å². The van der Waals surface area contributed by atoms with Gasteiger partial charge in [0.05, 0.1) is 23.7 Å². The third kappa shape index (κ3) is 3.67. The number of nitrogens with one attached hydrogen (secondary N) is 2. The van der Waals surface area contributed by atoms with Crippen LogP contribution >= 0.6 is 23.2 Å². The third-order valence-corrected chi connectivity index (χ3v) is 4.65. The van der Waals surface area contributed by atoms with Gasteiger partial charge in [0.2, 0.25) is 5.95 Å². The number of fused-ring (bicyclic) bond motifs is 1. The van der Waals surface area contributed by atoms with Crippen molar-refractivity contribution in [2.45, 2.75) is 0 Å². The van der Waals surface area contributed by atoms with E-state index in [4.69, 9.17) is 27.9 Å². The van der Waals surface area contributed by atoms with Crippen molar-refractivity contribution >= 4 is 57.4 Å². The summed E-state index contributed by atoms with van der Waals surface area (Å²) in [4.78, 5) is 9.17. The molecule has 0 aliphatic rings. The average Bonchev–Trinajstić information content (AvgIpc) is 3.05. The Balaban J connectivity index is 1.71. The fraction of sp³-hybridized carbons (Fsp3) is 0.105. The predicted molar refractivity (Wildman–Crippen MR) is 112 cm³/mol. The van der Waals surface area contributed by atoms with Crippen LogP contribution in [0.1, 0.15) is 0 Å². The minimum atomic E-state index is 0.411. The van der Waals surface area contributed by atoms with Crippen molar-refractivity contribution in [1.29, 1.82) is 0 Å². The van der Waals surface area contributed by atoms with Gasteiger partial charge in [-0.2, -0.15) is 15.1 Å². The normalized spacial score (nSPS) is 10.9. The molecule has 0 bridgehead atoms. The molecule has 0 unspecified atom stereocenters. The van der Waals surface area contributed by atoms with E-state index in [0.29, 0.717) is 33.2 Å². The molecular weight excluding hydrogens is 399 g/mol. The first kappa shape index (κ1) is 18.3. The molecule has 2 heterocycles. The maximum Gasteiger partial charge on any atom is 0.231 e. The van der Waals surface area contributed by atoms with Gasteiger partial charge >= 0.3 is 0 Å². The van der Waals surface area contributed by atoms with Crippen LogP contribution in [-0.2, 0) is 7.05 Å². The van der Waals surface area contributed by atoms with E-state index in [1.807, 2.05) is 37.4 Å². The standard InChI is InChI=1S/C19H16Cl2N6O/c1-27-18-14(10-22-27)17(23-12-5-3-11(20)4-6-12)25-19(26-18)24-13-7-8-16(28-2)15(21)9-13/h3-10H,1-2H3,(H2,23,24,25,26). The van der Waals surface area contributed by atoms with Crippen molar-refractivity contribution in [3.8, 4) is 5.75 Å². The van der Waals surface area contributed by atoms with Crippen LogP contribution in [0.2, 0.25) is 10.0 Å². The Hall–Kier alpha value is -3.03. The number of rotatable bonds is 5. The van der Waals surface area contributed by atoms with Crippen molar-refractivity contribution in [1.82, 2.24) is 19.7 Å². The second-order valence-corrected chi connectivity index (χ2v) is 6.85. The Bertz CT molecular complexity index is 1140. The molecule has 0 fully saturated rings. The second kappa shape index (κ2) is 7.53. The molecule has 2 N–H and O–H groups in total. The van der Waals surface area contributed by atoms with Crippen molar-refractivity contribution in [2.75, 3.05) is 17.7 Å². The maximum absolute atomic E-state index is 6.21. The molecule has 0 saturated carbocycles. The molecule has 0 atom stereocenters. The van der Waals surface area contributed by atoms with E-state index in [-0.39, 0.29) is 0 Å². The summed E-state index contributed by atoms with van der Waals surface area (Å²) in [6, 6.07) is 12.7. The summed E-state index contributed by atoms with van der Waals surface area (Å²) >= 11 is 12.2. The van der Waals surface area contributed by atoms with E-state index in [9.17, 15) is 0 Å². The third-order valence-electron chi connectivity index (χ3n) is 4.11. The molecule has 7 nitrogen and oxygen atoms in total. The second-order valence-electron chi connectivity index (χ2n) is 6.01. The minimum absolute atomic E-state index is 0.411. The Kier molecular flexibility index (Phi) is 4.93. The Labute approximate surface area is 171 Å². The minimum Gasteiger partial charge on any atom is -0.495 e. The predicted octanol–water partition coefficient (Wildman–Crippen LogP) is 5.17. The SMILES string of the molecule is COc1ccc(Nc2nc(Nc3ccc(Cl)cc3)c3cnn(C)c3n2)cc1Cl. The van der Waals surface area contributed by atoms with Gasteiger partial charge in [0.25, 0.3) is 0 Å². The van der Waals surface area contributed by atoms with Crippen LogP contribution in [0.25, 0.3) is 11.0 Å². The summed E-state index contributed by atoms with van der Waals surface area (Å²) in [5.41, 5.74) is 2.28. The van der Waals surface area contributed by atoms with Gasteiger partial charge in [-0.15, -0.1) is 0 Å². The highest BCUT2D eigenvalue weighted by Crippen LogP contribution is 2.30. The first-order valence-corrected chi connectivity index (χ1v) is 9.12. The van der Waals surface area contributed by atoms with E-state index < -0.39 is 0 Å². The summed E-state index contributed by atoms with van der Waals surface area (Å²) in [7, 11) is 3.40. The molecule has 2 aromatic carbocycles. The fourth-order valence-electron chi connectivity index (χ4n) is 2.72. The lowest BCUT2D eigenvalue weighted by atomic mass is 10.3. The van der Waals surface area contributed by atoms with E-state index in [0.717, 1.165) is 16.8 Å². The monoisotopic (exact) mass is 414 g/mol. The highest BCUT2D eigenvalue weighted by atomic mass is 35.5. The molecule has 9 heteroatoms. The molecule has 4 rings (SSSR count). The number of anilines is 4. The van der Waals surface area contributed by atoms with E-state index in [2.05, 4.69) is 25.7 Å². The van der Waals surface area contributed by atoms with Crippen molar-refractivity contribution < 1.29 is 4.74 Å². The van der Waals surface area contributed by atoms with Gasteiger partial charge in [-0.3, -0.25) is 4.68 Å². The van der Waals surface area contributed by atoms with Gasteiger partial charge in [-0.1, -0.05) is 23.2 Å². The van der Waals surface area contributed by atoms with Gasteiger partial charge in [0, 0.05) is 23.4 Å². The largest absolute Gasteiger partial charge is 0.495 e. The smallest absolute Gasteiger partial charge is 0.231 e. The zero-order chi connectivity index (χ0) is 19.7. The van der Waals surface area contributed by atoms with Gasteiger partial charge < -0.3 is 15.4 Å². The topological polar surface area (TPSA) is 76.9 Å². The zero-order valence-electron chi connectivity index (χ0n) is 15.1. The number of hydrogen-bond acceptors (Lipinski definition) is 6. The molecule has 0 saturated heterocycles. The van der Waals surface area contributed by atoms with Gasteiger partial charge in [-0.05, 0) is 42.5 Å². The molecule has 4 aromatic rings. The van der Waals surface area contributed by atoms with Gasteiger partial charge in [0.15, 0.2) is 5.65 Å². The first-order chi connectivity index (χ1) is 13.5. The highest BCUT2D eigenvalue weighted by Gasteiger charge is 2.13. The van der Waals surface area contributed by atoms with Crippen LogP contribution < -0.4 is 15.4 Å². The Morgan fingerprint density at radius 1 is 0.964 bits per heavy atom. The molecule has 0 radical (unpaired) electrons. The van der Waals surface area contributed by atoms with Gasteiger partial charge in [0.1, 0.15) is 11.6 Å². The molecule has 0 aliphatic heterocycles. The van der Waals surface area contributed by atoms with Crippen LogP contribution in [-0.4, -0.2) is 26.9 Å².